The molecule has 1 heterocycles. The topological polar surface area (TPSA) is 47.5 Å². The monoisotopic (exact) mass is 383 g/mol. The summed E-state index contributed by atoms with van der Waals surface area (Å²) in [7, 11) is 1.51. The van der Waals surface area contributed by atoms with Crippen LogP contribution in [0.25, 0.3) is 0 Å². The third-order valence-electron chi connectivity index (χ3n) is 3.50. The molecule has 5 nitrogen and oxygen atoms in total. The molecule has 0 N–H and O–H groups in total. The van der Waals surface area contributed by atoms with Crippen molar-refractivity contribution in [3.63, 3.8) is 0 Å². The summed E-state index contributed by atoms with van der Waals surface area (Å²) >= 11 is 0. The molecular weight excluding hydrogens is 359 g/mol. The molecule has 2 aromatic rings. The second-order valence-corrected chi connectivity index (χ2v) is 6.79. The zero-order valence-corrected chi connectivity index (χ0v) is 16.0. The molecule has 0 aliphatic heterocycles. The fourth-order valence-corrected chi connectivity index (χ4v) is 2.33. The molecule has 1 aromatic carbocycles. The first-order valence-electron chi connectivity index (χ1n) is 8.66. The fourth-order valence-electron chi connectivity index (χ4n) is 2.33. The van der Waals surface area contributed by atoms with Gasteiger partial charge in [-0.3, -0.25) is 0 Å². The number of hydrogen-bond acceptors (Lipinski definition) is 5. The molecule has 0 saturated carbocycles. The summed E-state index contributed by atoms with van der Waals surface area (Å²) in [6, 6.07) is 6.77. The summed E-state index contributed by atoms with van der Waals surface area (Å²) in [6.07, 6.45) is -3.98. The summed E-state index contributed by atoms with van der Waals surface area (Å²) < 4.78 is 51.6. The van der Waals surface area contributed by atoms with E-state index in [0.29, 0.717) is 18.0 Å². The number of halogens is 3. The van der Waals surface area contributed by atoms with Gasteiger partial charge in [0.2, 0.25) is 0 Å². The summed E-state index contributed by atoms with van der Waals surface area (Å²) in [5.74, 6) is 0.361. The molecule has 0 aliphatic carbocycles. The predicted molar refractivity (Wildman–Crippen MR) is 97.6 cm³/mol. The predicted octanol–water partition coefficient (Wildman–Crippen LogP) is 5.09. The van der Waals surface area contributed by atoms with E-state index in [1.165, 1.54) is 11.9 Å². The molecule has 0 radical (unpaired) electrons. The number of hydrogen-bond donors (Lipinski definition) is 0. The van der Waals surface area contributed by atoms with E-state index >= 15 is 0 Å². The summed E-state index contributed by atoms with van der Waals surface area (Å²) in [4.78, 5) is 9.08. The van der Waals surface area contributed by atoms with Gasteiger partial charge in [-0.2, -0.15) is 18.2 Å². The van der Waals surface area contributed by atoms with Crippen LogP contribution in [-0.4, -0.2) is 29.7 Å². The number of nitrogens with zero attached hydrogens (tertiary/aromatic N) is 3. The van der Waals surface area contributed by atoms with Crippen LogP contribution in [0.4, 0.5) is 24.7 Å². The number of para-hydroxylation sites is 2. The van der Waals surface area contributed by atoms with Crippen LogP contribution in [0.1, 0.15) is 33.3 Å². The highest BCUT2D eigenvalue weighted by Crippen LogP contribution is 2.40. The van der Waals surface area contributed by atoms with Crippen molar-refractivity contribution in [2.24, 2.45) is 5.92 Å². The number of anilines is 2. The van der Waals surface area contributed by atoms with E-state index in [1.807, 2.05) is 27.7 Å². The highest BCUT2D eigenvalue weighted by Gasteiger charge is 2.37. The van der Waals surface area contributed by atoms with Gasteiger partial charge in [0.15, 0.2) is 5.82 Å². The maximum Gasteiger partial charge on any atom is 0.421 e. The Morgan fingerprint density at radius 1 is 1.11 bits per heavy atom. The van der Waals surface area contributed by atoms with Gasteiger partial charge in [-0.15, -0.1) is 0 Å². The molecule has 148 valence electrons. The minimum absolute atomic E-state index is 0.0965. The number of rotatable bonds is 7. The lowest BCUT2D eigenvalue weighted by Crippen LogP contribution is -2.21. The zero-order valence-electron chi connectivity index (χ0n) is 16.0. The summed E-state index contributed by atoms with van der Waals surface area (Å²) in [5, 5.41) is 0. The lowest BCUT2D eigenvalue weighted by molar-refractivity contribution is -0.137. The van der Waals surface area contributed by atoms with Crippen LogP contribution in [0.3, 0.4) is 0 Å². The van der Waals surface area contributed by atoms with E-state index in [9.17, 15) is 13.2 Å². The second-order valence-electron chi connectivity index (χ2n) is 6.79. The molecule has 0 unspecified atom stereocenters. The van der Waals surface area contributed by atoms with Crippen LogP contribution in [0.5, 0.6) is 11.8 Å². The Bertz CT molecular complexity index is 764. The van der Waals surface area contributed by atoms with Crippen LogP contribution in [0, 0.1) is 5.92 Å². The normalized spacial score (nSPS) is 11.8. The Hall–Kier alpha value is -2.51. The maximum atomic E-state index is 13.5. The molecular formula is C19H24F3N3O2. The Labute approximate surface area is 157 Å². The first kappa shape index (κ1) is 20.8. The van der Waals surface area contributed by atoms with E-state index < -0.39 is 11.7 Å². The zero-order chi connectivity index (χ0) is 20.2. The number of aromatic nitrogens is 2. The van der Waals surface area contributed by atoms with Crippen LogP contribution >= 0.6 is 0 Å². The minimum Gasteiger partial charge on any atom is -0.489 e. The first-order chi connectivity index (χ1) is 12.6. The molecule has 2 rings (SSSR count). The molecule has 0 aliphatic rings. The van der Waals surface area contributed by atoms with Crippen molar-refractivity contribution >= 4 is 11.5 Å². The summed E-state index contributed by atoms with van der Waals surface area (Å²) in [6.45, 7) is 7.86. The molecule has 27 heavy (non-hydrogen) atoms. The van der Waals surface area contributed by atoms with Crippen molar-refractivity contribution in [1.29, 1.82) is 0 Å². The van der Waals surface area contributed by atoms with Gasteiger partial charge >= 0.3 is 12.2 Å². The fraction of sp³-hybridized carbons (Fsp3) is 0.474. The largest absolute Gasteiger partial charge is 0.489 e. The van der Waals surface area contributed by atoms with Gasteiger partial charge in [0.1, 0.15) is 11.3 Å². The molecule has 0 saturated heterocycles. The third-order valence-corrected chi connectivity index (χ3v) is 3.50. The lowest BCUT2D eigenvalue weighted by atomic mass is 10.2. The molecule has 0 bridgehead atoms. The number of benzene rings is 1. The van der Waals surface area contributed by atoms with Crippen molar-refractivity contribution in [3.05, 3.63) is 36.0 Å². The molecule has 0 spiro atoms. The molecule has 8 heteroatoms. The van der Waals surface area contributed by atoms with E-state index in [2.05, 4.69) is 9.97 Å². The van der Waals surface area contributed by atoms with E-state index in [4.69, 9.17) is 9.47 Å². The smallest absolute Gasteiger partial charge is 0.421 e. The van der Waals surface area contributed by atoms with E-state index in [1.54, 1.807) is 24.3 Å². The number of alkyl halides is 3. The molecule has 0 atom stereocenters. The van der Waals surface area contributed by atoms with Crippen LogP contribution in [0.2, 0.25) is 0 Å². The Morgan fingerprint density at radius 2 is 1.78 bits per heavy atom. The first-order valence-corrected chi connectivity index (χ1v) is 8.66. The highest BCUT2D eigenvalue weighted by molar-refractivity contribution is 5.68. The van der Waals surface area contributed by atoms with Crippen LogP contribution in [0.15, 0.2) is 30.5 Å². The molecule has 1 aromatic heterocycles. The lowest BCUT2D eigenvalue weighted by Gasteiger charge is -2.25. The quantitative estimate of drug-likeness (QED) is 0.667. The molecule has 0 amide bonds. The average Bonchev–Trinajstić information content (AvgIpc) is 2.58. The third kappa shape index (κ3) is 5.48. The Balaban J connectivity index is 2.49. The van der Waals surface area contributed by atoms with Gasteiger partial charge in [-0.05, 0) is 31.9 Å². The Morgan fingerprint density at radius 3 is 2.37 bits per heavy atom. The standard InChI is InChI=1S/C19H24F3N3O2/c1-12(2)11-26-18-23-10-14(19(20,21)22)17(24-18)25(5)15-8-6-7-9-16(15)27-13(3)4/h6-10,12-13H,11H2,1-5H3. The summed E-state index contributed by atoms with van der Waals surface area (Å²) in [5.41, 5.74) is -0.480. The second kappa shape index (κ2) is 8.45. The maximum absolute atomic E-state index is 13.5. The van der Waals surface area contributed by atoms with Gasteiger partial charge < -0.3 is 14.4 Å². The van der Waals surface area contributed by atoms with Gasteiger partial charge in [0.05, 0.1) is 18.4 Å². The van der Waals surface area contributed by atoms with E-state index in [0.717, 1.165) is 6.20 Å². The van der Waals surface area contributed by atoms with Crippen molar-refractivity contribution in [3.8, 4) is 11.8 Å². The van der Waals surface area contributed by atoms with E-state index in [-0.39, 0.29) is 23.9 Å². The Kier molecular flexibility index (Phi) is 6.51. The van der Waals surface area contributed by atoms with Gasteiger partial charge in [-0.1, -0.05) is 26.0 Å². The SMILES string of the molecule is CC(C)COc1ncc(C(F)(F)F)c(N(C)c2ccccc2OC(C)C)n1. The van der Waals surface area contributed by atoms with Crippen molar-refractivity contribution in [2.45, 2.75) is 40.0 Å². The van der Waals surface area contributed by atoms with Gasteiger partial charge in [-0.25, -0.2) is 4.98 Å². The van der Waals surface area contributed by atoms with Crippen LogP contribution < -0.4 is 14.4 Å². The van der Waals surface area contributed by atoms with Gasteiger partial charge in [0, 0.05) is 13.2 Å². The minimum atomic E-state index is -4.60. The van der Waals surface area contributed by atoms with Crippen molar-refractivity contribution in [1.82, 2.24) is 9.97 Å². The molecule has 0 fully saturated rings. The van der Waals surface area contributed by atoms with Crippen molar-refractivity contribution in [2.75, 3.05) is 18.6 Å². The highest BCUT2D eigenvalue weighted by atomic mass is 19.4. The number of ether oxygens (including phenoxy) is 2. The average molecular weight is 383 g/mol. The van der Waals surface area contributed by atoms with Gasteiger partial charge in [0.25, 0.3) is 0 Å². The van der Waals surface area contributed by atoms with Crippen LogP contribution in [-0.2, 0) is 6.18 Å². The van der Waals surface area contributed by atoms with Crippen molar-refractivity contribution < 1.29 is 22.6 Å².